The number of rotatable bonds is 11. The normalized spacial score (nSPS) is 15.6. The first-order valence-electron chi connectivity index (χ1n) is 8.96. The summed E-state index contributed by atoms with van der Waals surface area (Å²) in [5, 5.41) is 6.73. The van der Waals surface area contributed by atoms with Gasteiger partial charge in [-0.2, -0.15) is 0 Å². The predicted molar refractivity (Wildman–Crippen MR) is 97.7 cm³/mol. The molecule has 23 heavy (non-hydrogen) atoms. The van der Waals surface area contributed by atoms with Crippen molar-refractivity contribution in [3.05, 3.63) is 0 Å². The van der Waals surface area contributed by atoms with Crippen LogP contribution in [-0.4, -0.2) is 34.7 Å². The summed E-state index contributed by atoms with van der Waals surface area (Å²) in [5.41, 5.74) is -0.998. The van der Waals surface area contributed by atoms with Crippen LogP contribution in [0.3, 0.4) is 0 Å². The molecule has 0 heterocycles. The number of carbonyl (C=O) groups is 2. The molecule has 0 saturated heterocycles. The fraction of sp³-hybridized carbons (Fsp3) is 0.895. The van der Waals surface area contributed by atoms with E-state index in [1.807, 2.05) is 41.5 Å². The number of Topliss-reactive ketones (excluding diaryl/α,β-unsaturated/α-hetero) is 2. The maximum absolute atomic E-state index is 12.6. The lowest BCUT2D eigenvalue weighted by atomic mass is 9.85. The van der Waals surface area contributed by atoms with Crippen LogP contribution in [0.15, 0.2) is 0 Å². The Balaban J connectivity index is 4.51. The van der Waals surface area contributed by atoms with Gasteiger partial charge in [-0.3, -0.25) is 9.59 Å². The van der Waals surface area contributed by atoms with Crippen molar-refractivity contribution in [2.24, 2.45) is 5.92 Å². The van der Waals surface area contributed by atoms with Crippen LogP contribution in [-0.2, 0) is 9.59 Å². The van der Waals surface area contributed by atoms with Gasteiger partial charge in [-0.25, -0.2) is 0 Å². The fourth-order valence-electron chi connectivity index (χ4n) is 3.25. The molecule has 0 aliphatic rings. The lowest BCUT2D eigenvalue weighted by Gasteiger charge is -2.32. The quantitative estimate of drug-likeness (QED) is 0.610. The van der Waals surface area contributed by atoms with E-state index < -0.39 is 11.1 Å². The van der Waals surface area contributed by atoms with Gasteiger partial charge in [-0.05, 0) is 61.3 Å². The van der Waals surface area contributed by atoms with Crippen molar-refractivity contribution in [2.45, 2.75) is 105 Å². The van der Waals surface area contributed by atoms with E-state index in [2.05, 4.69) is 31.4 Å². The summed E-state index contributed by atoms with van der Waals surface area (Å²) in [6, 6.07) is 0.486. The Morgan fingerprint density at radius 2 is 1.39 bits per heavy atom. The Hall–Kier alpha value is -0.740. The summed E-state index contributed by atoms with van der Waals surface area (Å²) in [4.78, 5) is 24.5. The summed E-state index contributed by atoms with van der Waals surface area (Å²) < 4.78 is 0. The zero-order chi connectivity index (χ0) is 18.4. The van der Waals surface area contributed by atoms with Crippen molar-refractivity contribution in [3.63, 3.8) is 0 Å². The summed E-state index contributed by atoms with van der Waals surface area (Å²) in [7, 11) is 0. The molecule has 4 heteroatoms. The average molecular weight is 327 g/mol. The lowest BCUT2D eigenvalue weighted by Crippen LogP contribution is -2.52. The van der Waals surface area contributed by atoms with Crippen molar-refractivity contribution in [3.8, 4) is 0 Å². The Bertz CT molecular complexity index is 400. The van der Waals surface area contributed by atoms with Gasteiger partial charge in [0.15, 0.2) is 11.6 Å². The third kappa shape index (κ3) is 7.58. The molecule has 0 aromatic heterocycles. The predicted octanol–water partition coefficient (Wildman–Crippen LogP) is 3.48. The SMILES string of the molecule is CCC(=O)C(C)(C)NC(C)CCC(C)C(=O)C(C)(C)NC(C)C. The second-order valence-electron chi connectivity index (χ2n) is 8.21. The molecule has 0 amide bonds. The highest BCUT2D eigenvalue weighted by Gasteiger charge is 2.32. The monoisotopic (exact) mass is 326 g/mol. The van der Waals surface area contributed by atoms with Gasteiger partial charge in [0.2, 0.25) is 0 Å². The molecule has 2 unspecified atom stereocenters. The van der Waals surface area contributed by atoms with Crippen molar-refractivity contribution in [1.29, 1.82) is 0 Å². The van der Waals surface area contributed by atoms with Crippen molar-refractivity contribution >= 4 is 11.6 Å². The molecule has 2 atom stereocenters. The Morgan fingerprint density at radius 3 is 1.83 bits per heavy atom. The third-order valence-electron chi connectivity index (χ3n) is 4.37. The van der Waals surface area contributed by atoms with Crippen LogP contribution in [0.5, 0.6) is 0 Å². The molecule has 2 N–H and O–H groups in total. The number of ketones is 2. The molecule has 0 fully saturated rings. The van der Waals surface area contributed by atoms with Gasteiger partial charge in [-0.15, -0.1) is 0 Å². The molecule has 0 saturated carbocycles. The van der Waals surface area contributed by atoms with E-state index in [-0.39, 0.29) is 29.6 Å². The summed E-state index contributed by atoms with van der Waals surface area (Å²) in [6.07, 6.45) is 2.24. The molecule has 0 aromatic rings. The van der Waals surface area contributed by atoms with Crippen LogP contribution < -0.4 is 10.6 Å². The summed E-state index contributed by atoms with van der Waals surface area (Å²) in [6.45, 7) is 17.9. The Labute approximate surface area is 143 Å². The van der Waals surface area contributed by atoms with E-state index in [9.17, 15) is 9.59 Å². The van der Waals surface area contributed by atoms with Gasteiger partial charge in [0.25, 0.3) is 0 Å². The van der Waals surface area contributed by atoms with Gasteiger partial charge in [0.1, 0.15) is 0 Å². The minimum Gasteiger partial charge on any atom is -0.303 e. The second kappa shape index (κ2) is 8.93. The van der Waals surface area contributed by atoms with Gasteiger partial charge < -0.3 is 10.6 Å². The highest BCUT2D eigenvalue weighted by molar-refractivity contribution is 5.89. The standard InChI is InChI=1S/C19H38N2O2/c1-10-16(22)18(6,7)21-15(5)12-11-14(4)17(23)19(8,9)20-13(2)3/h13-15,20-21H,10-12H2,1-9H3. The molecule has 0 radical (unpaired) electrons. The highest BCUT2D eigenvalue weighted by Crippen LogP contribution is 2.19. The van der Waals surface area contributed by atoms with Crippen LogP contribution in [0.2, 0.25) is 0 Å². The highest BCUT2D eigenvalue weighted by atomic mass is 16.1. The largest absolute Gasteiger partial charge is 0.303 e. The average Bonchev–Trinajstić information content (AvgIpc) is 2.40. The van der Waals surface area contributed by atoms with Gasteiger partial charge in [0, 0.05) is 24.4 Å². The van der Waals surface area contributed by atoms with Gasteiger partial charge in [0.05, 0.1) is 11.1 Å². The van der Waals surface area contributed by atoms with Crippen LogP contribution >= 0.6 is 0 Å². The molecule has 0 aliphatic heterocycles. The van der Waals surface area contributed by atoms with Crippen LogP contribution in [0, 0.1) is 5.92 Å². The zero-order valence-electron chi connectivity index (χ0n) is 16.7. The first-order chi connectivity index (χ1) is 10.3. The van der Waals surface area contributed by atoms with E-state index in [1.54, 1.807) is 0 Å². The Morgan fingerprint density at radius 1 is 0.870 bits per heavy atom. The van der Waals surface area contributed by atoms with Crippen molar-refractivity contribution in [1.82, 2.24) is 10.6 Å². The first-order valence-corrected chi connectivity index (χ1v) is 8.96. The van der Waals surface area contributed by atoms with Gasteiger partial charge in [-0.1, -0.05) is 13.8 Å². The van der Waals surface area contributed by atoms with E-state index in [0.29, 0.717) is 6.42 Å². The van der Waals surface area contributed by atoms with Crippen LogP contribution in [0.25, 0.3) is 0 Å². The second-order valence-corrected chi connectivity index (χ2v) is 8.21. The summed E-state index contributed by atoms with van der Waals surface area (Å²) in [5.74, 6) is 0.475. The topological polar surface area (TPSA) is 58.2 Å². The number of carbonyl (C=O) groups excluding carboxylic acids is 2. The number of hydrogen-bond acceptors (Lipinski definition) is 4. The first kappa shape index (κ1) is 22.3. The number of nitrogens with one attached hydrogen (secondary N) is 2. The molecule has 0 aromatic carbocycles. The smallest absolute Gasteiger partial charge is 0.155 e. The maximum Gasteiger partial charge on any atom is 0.155 e. The molecule has 0 bridgehead atoms. The Kier molecular flexibility index (Phi) is 8.64. The third-order valence-corrected chi connectivity index (χ3v) is 4.37. The minimum absolute atomic E-state index is 0.00508. The molecule has 0 rings (SSSR count). The van der Waals surface area contributed by atoms with Crippen LogP contribution in [0.4, 0.5) is 0 Å². The molecule has 136 valence electrons. The zero-order valence-corrected chi connectivity index (χ0v) is 16.7. The molecule has 0 aliphatic carbocycles. The van der Waals surface area contributed by atoms with E-state index >= 15 is 0 Å². The lowest BCUT2D eigenvalue weighted by molar-refractivity contribution is -0.128. The van der Waals surface area contributed by atoms with Crippen molar-refractivity contribution < 1.29 is 9.59 Å². The van der Waals surface area contributed by atoms with Crippen LogP contribution in [0.1, 0.15) is 81.6 Å². The minimum atomic E-state index is -0.500. The molecular weight excluding hydrogens is 288 g/mol. The molecule has 4 nitrogen and oxygen atoms in total. The van der Waals surface area contributed by atoms with Crippen molar-refractivity contribution in [2.75, 3.05) is 0 Å². The fourth-order valence-corrected chi connectivity index (χ4v) is 3.25. The van der Waals surface area contributed by atoms with E-state index in [4.69, 9.17) is 0 Å². The maximum atomic E-state index is 12.6. The number of hydrogen-bond donors (Lipinski definition) is 2. The van der Waals surface area contributed by atoms with E-state index in [1.165, 1.54) is 0 Å². The molecule has 0 spiro atoms. The van der Waals surface area contributed by atoms with Gasteiger partial charge >= 0.3 is 0 Å². The summed E-state index contributed by atoms with van der Waals surface area (Å²) >= 11 is 0. The van der Waals surface area contributed by atoms with E-state index in [0.717, 1.165) is 12.8 Å². The molecular formula is C19H38N2O2.